The smallest absolute Gasteiger partial charge is 0.243 e. The zero-order chi connectivity index (χ0) is 10.8. The molecule has 14 heavy (non-hydrogen) atoms. The van der Waals surface area contributed by atoms with Gasteiger partial charge in [-0.25, -0.2) is 0 Å². The predicted octanol–water partition coefficient (Wildman–Crippen LogP) is 1.41. The van der Waals surface area contributed by atoms with Crippen LogP contribution in [0.4, 0.5) is 0 Å². The number of rotatable bonds is 3. The van der Waals surface area contributed by atoms with E-state index in [2.05, 4.69) is 10.2 Å². The predicted molar refractivity (Wildman–Crippen MR) is 60.2 cm³/mol. The zero-order valence-corrected chi connectivity index (χ0v) is 9.55. The summed E-state index contributed by atoms with van der Waals surface area (Å²) in [5, 5.41) is 2.55. The van der Waals surface area contributed by atoms with Crippen LogP contribution in [-0.2, 0) is 4.79 Å². The molecule has 1 N–H and O–H groups in total. The number of nitrogens with zero attached hydrogens (tertiary/aromatic N) is 1. The SMILES string of the molecule is CC.CNC(=O)/C=C/CN1CCCC1. The fourth-order valence-corrected chi connectivity index (χ4v) is 1.36. The van der Waals surface area contributed by atoms with Gasteiger partial charge in [0.15, 0.2) is 0 Å². The number of hydrogen-bond acceptors (Lipinski definition) is 2. The van der Waals surface area contributed by atoms with E-state index in [9.17, 15) is 4.79 Å². The molecular formula is C11H22N2O. The van der Waals surface area contributed by atoms with Crippen molar-refractivity contribution in [1.29, 1.82) is 0 Å². The Hall–Kier alpha value is -0.830. The van der Waals surface area contributed by atoms with Gasteiger partial charge < -0.3 is 5.32 Å². The standard InChI is InChI=1S/C9H16N2O.C2H6/c1-10-9(12)5-4-8-11-6-2-3-7-11;1-2/h4-5H,2-3,6-8H2,1H3,(H,10,12);1-2H3/b5-4+;. The first kappa shape index (κ1) is 13.2. The second-order valence-corrected chi connectivity index (χ2v) is 3.02. The number of carbonyl (C=O) groups excluding carboxylic acids is 1. The Kier molecular flexibility index (Phi) is 8.24. The fraction of sp³-hybridized carbons (Fsp3) is 0.727. The Labute approximate surface area is 87.2 Å². The van der Waals surface area contributed by atoms with E-state index in [4.69, 9.17) is 0 Å². The maximum atomic E-state index is 10.8. The van der Waals surface area contributed by atoms with Gasteiger partial charge >= 0.3 is 0 Å². The molecule has 1 fully saturated rings. The van der Waals surface area contributed by atoms with Crippen LogP contribution in [0.25, 0.3) is 0 Å². The normalized spacial score (nSPS) is 16.5. The molecule has 0 aromatic heterocycles. The quantitative estimate of drug-likeness (QED) is 0.695. The molecule has 1 rings (SSSR count). The highest BCUT2D eigenvalue weighted by Crippen LogP contribution is 2.05. The van der Waals surface area contributed by atoms with Gasteiger partial charge in [-0.15, -0.1) is 0 Å². The molecule has 0 radical (unpaired) electrons. The molecular weight excluding hydrogens is 176 g/mol. The van der Waals surface area contributed by atoms with E-state index in [-0.39, 0.29) is 5.91 Å². The van der Waals surface area contributed by atoms with E-state index in [0.717, 1.165) is 6.54 Å². The van der Waals surface area contributed by atoms with Crippen LogP contribution in [0.5, 0.6) is 0 Å². The number of likely N-dealkylation sites (tertiary alicyclic amines) is 1. The minimum atomic E-state index is -0.0193. The average Bonchev–Trinajstić information content (AvgIpc) is 2.73. The molecule has 0 aromatic rings. The second kappa shape index (κ2) is 8.75. The summed E-state index contributed by atoms with van der Waals surface area (Å²) in [4.78, 5) is 13.1. The largest absolute Gasteiger partial charge is 0.356 e. The molecule has 1 aliphatic rings. The van der Waals surface area contributed by atoms with Crippen LogP contribution in [0.2, 0.25) is 0 Å². The third-order valence-electron chi connectivity index (χ3n) is 2.08. The number of hydrogen-bond donors (Lipinski definition) is 1. The molecule has 0 atom stereocenters. The molecule has 0 aliphatic carbocycles. The number of likely N-dealkylation sites (N-methyl/N-ethyl adjacent to an activating group) is 1. The van der Waals surface area contributed by atoms with Crippen molar-refractivity contribution in [3.05, 3.63) is 12.2 Å². The van der Waals surface area contributed by atoms with Crippen LogP contribution in [0.15, 0.2) is 12.2 Å². The number of nitrogens with one attached hydrogen (secondary N) is 1. The highest BCUT2D eigenvalue weighted by molar-refractivity contribution is 5.87. The summed E-state index contributed by atoms with van der Waals surface area (Å²) in [5.74, 6) is -0.0193. The van der Waals surface area contributed by atoms with Crippen LogP contribution in [0.1, 0.15) is 26.7 Å². The van der Waals surface area contributed by atoms with E-state index in [1.54, 1.807) is 13.1 Å². The molecule has 1 heterocycles. The van der Waals surface area contributed by atoms with Crippen LogP contribution in [-0.4, -0.2) is 37.5 Å². The van der Waals surface area contributed by atoms with E-state index in [1.807, 2.05) is 19.9 Å². The first-order valence-corrected chi connectivity index (χ1v) is 5.43. The molecule has 3 nitrogen and oxygen atoms in total. The van der Waals surface area contributed by atoms with Crippen molar-refractivity contribution in [2.24, 2.45) is 0 Å². The summed E-state index contributed by atoms with van der Waals surface area (Å²) in [6, 6.07) is 0. The van der Waals surface area contributed by atoms with Crippen LogP contribution in [0, 0.1) is 0 Å². The van der Waals surface area contributed by atoms with Gasteiger partial charge in [0, 0.05) is 19.7 Å². The van der Waals surface area contributed by atoms with Gasteiger partial charge in [0.1, 0.15) is 0 Å². The van der Waals surface area contributed by atoms with E-state index >= 15 is 0 Å². The molecule has 1 amide bonds. The van der Waals surface area contributed by atoms with Crippen molar-refractivity contribution < 1.29 is 4.79 Å². The first-order valence-electron chi connectivity index (χ1n) is 5.43. The highest BCUT2D eigenvalue weighted by Gasteiger charge is 2.08. The van der Waals surface area contributed by atoms with E-state index in [1.165, 1.54) is 25.9 Å². The summed E-state index contributed by atoms with van der Waals surface area (Å²) in [6.45, 7) is 7.27. The summed E-state index contributed by atoms with van der Waals surface area (Å²) >= 11 is 0. The van der Waals surface area contributed by atoms with Gasteiger partial charge in [-0.3, -0.25) is 9.69 Å². The molecule has 0 bridgehead atoms. The van der Waals surface area contributed by atoms with Crippen molar-refractivity contribution in [3.63, 3.8) is 0 Å². The first-order chi connectivity index (χ1) is 6.83. The Bertz CT molecular complexity index is 172. The van der Waals surface area contributed by atoms with Crippen molar-refractivity contribution in [2.75, 3.05) is 26.7 Å². The minimum Gasteiger partial charge on any atom is -0.356 e. The topological polar surface area (TPSA) is 32.3 Å². The van der Waals surface area contributed by atoms with Crippen molar-refractivity contribution >= 4 is 5.91 Å². The summed E-state index contributed by atoms with van der Waals surface area (Å²) in [7, 11) is 1.64. The summed E-state index contributed by atoms with van der Waals surface area (Å²) in [5.41, 5.74) is 0. The van der Waals surface area contributed by atoms with Crippen LogP contribution < -0.4 is 5.32 Å². The Morgan fingerprint density at radius 1 is 1.36 bits per heavy atom. The fourth-order valence-electron chi connectivity index (χ4n) is 1.36. The summed E-state index contributed by atoms with van der Waals surface area (Å²) < 4.78 is 0. The molecule has 0 unspecified atom stereocenters. The van der Waals surface area contributed by atoms with Gasteiger partial charge in [0.05, 0.1) is 0 Å². The molecule has 0 saturated carbocycles. The minimum absolute atomic E-state index is 0.0193. The van der Waals surface area contributed by atoms with Gasteiger partial charge in [0.2, 0.25) is 5.91 Å². The third kappa shape index (κ3) is 5.75. The van der Waals surface area contributed by atoms with Crippen molar-refractivity contribution in [3.8, 4) is 0 Å². The highest BCUT2D eigenvalue weighted by atomic mass is 16.1. The van der Waals surface area contributed by atoms with Gasteiger partial charge in [-0.1, -0.05) is 19.9 Å². The van der Waals surface area contributed by atoms with E-state index < -0.39 is 0 Å². The molecule has 0 aromatic carbocycles. The molecule has 1 aliphatic heterocycles. The molecule has 82 valence electrons. The maximum Gasteiger partial charge on any atom is 0.243 e. The summed E-state index contributed by atoms with van der Waals surface area (Å²) in [6.07, 6.45) is 6.12. The maximum absolute atomic E-state index is 10.8. The lowest BCUT2D eigenvalue weighted by Gasteiger charge is -2.09. The lowest BCUT2D eigenvalue weighted by atomic mass is 10.4. The Morgan fingerprint density at radius 3 is 2.43 bits per heavy atom. The third-order valence-corrected chi connectivity index (χ3v) is 2.08. The lowest BCUT2D eigenvalue weighted by molar-refractivity contribution is -0.116. The van der Waals surface area contributed by atoms with E-state index in [0.29, 0.717) is 0 Å². The Balaban J connectivity index is 0.000000791. The molecule has 0 spiro atoms. The zero-order valence-electron chi connectivity index (χ0n) is 9.55. The van der Waals surface area contributed by atoms with Gasteiger partial charge in [-0.2, -0.15) is 0 Å². The second-order valence-electron chi connectivity index (χ2n) is 3.02. The van der Waals surface area contributed by atoms with Crippen LogP contribution >= 0.6 is 0 Å². The van der Waals surface area contributed by atoms with Crippen LogP contribution in [0.3, 0.4) is 0 Å². The van der Waals surface area contributed by atoms with Crippen molar-refractivity contribution in [1.82, 2.24) is 10.2 Å². The van der Waals surface area contributed by atoms with Gasteiger partial charge in [-0.05, 0) is 25.9 Å². The molecule has 3 heteroatoms. The molecule has 1 saturated heterocycles. The number of amides is 1. The average molecular weight is 198 g/mol. The van der Waals surface area contributed by atoms with Crippen molar-refractivity contribution in [2.45, 2.75) is 26.7 Å². The Morgan fingerprint density at radius 2 is 1.93 bits per heavy atom. The monoisotopic (exact) mass is 198 g/mol. The number of carbonyl (C=O) groups is 1. The lowest BCUT2D eigenvalue weighted by Crippen LogP contribution is -2.20. The van der Waals surface area contributed by atoms with Gasteiger partial charge in [0.25, 0.3) is 0 Å².